The Labute approximate surface area is 155 Å². The molecule has 0 saturated heterocycles. The lowest BCUT2D eigenvalue weighted by Gasteiger charge is -2.22. The van der Waals surface area contributed by atoms with Gasteiger partial charge in [0.15, 0.2) is 5.60 Å². The first-order valence-corrected chi connectivity index (χ1v) is 7.64. The highest BCUT2D eigenvalue weighted by atomic mass is 127. The molecule has 0 unspecified atom stereocenters. The molecule has 2 nitrogen and oxygen atoms in total. The van der Waals surface area contributed by atoms with E-state index in [2.05, 4.69) is 45.1 Å². The van der Waals surface area contributed by atoms with Gasteiger partial charge in [0.2, 0.25) is 0 Å². The van der Waals surface area contributed by atoms with Crippen molar-refractivity contribution in [3.63, 3.8) is 0 Å². The van der Waals surface area contributed by atoms with Crippen LogP contribution < -0.4 is 24.0 Å². The average molecular weight is 419 g/mol. The highest BCUT2D eigenvalue weighted by Crippen LogP contribution is 2.46. The van der Waals surface area contributed by atoms with E-state index >= 15 is 0 Å². The first kappa shape index (κ1) is 18.0. The predicted octanol–water partition coefficient (Wildman–Crippen LogP) is 0.00660. The summed E-state index contributed by atoms with van der Waals surface area (Å²) in [6.07, 6.45) is 0.774. The quantitative estimate of drug-likeness (QED) is 0.413. The Hall–Kier alpha value is -1.35. The summed E-state index contributed by atoms with van der Waals surface area (Å²) in [6.45, 7) is 0.965. The normalized spacial score (nSPS) is 14.1. The lowest BCUT2D eigenvalue weighted by molar-refractivity contribution is -0.869. The maximum atomic E-state index is 11.2. The van der Waals surface area contributed by atoms with Crippen LogP contribution in [0.15, 0.2) is 48.5 Å². The van der Waals surface area contributed by atoms with Crippen molar-refractivity contribution >= 4 is 0 Å². The van der Waals surface area contributed by atoms with Crippen LogP contribution in [0.1, 0.15) is 17.5 Å². The fourth-order valence-corrected chi connectivity index (χ4v) is 2.93. The van der Waals surface area contributed by atoms with Gasteiger partial charge < -0.3 is 33.6 Å². The van der Waals surface area contributed by atoms with Gasteiger partial charge in [-0.2, -0.15) is 0 Å². The number of quaternary nitrogens is 1. The van der Waals surface area contributed by atoms with Gasteiger partial charge in [-0.05, 0) is 11.1 Å². The summed E-state index contributed by atoms with van der Waals surface area (Å²) in [5.74, 6) is 6.33. The molecule has 1 aliphatic rings. The molecule has 0 aromatic heterocycles. The number of halogens is 1. The Morgan fingerprint density at radius 2 is 1.39 bits per heavy atom. The van der Waals surface area contributed by atoms with E-state index in [1.807, 2.05) is 36.4 Å². The molecule has 0 atom stereocenters. The molecular weight excluding hydrogens is 397 g/mol. The maximum absolute atomic E-state index is 11.2. The second-order valence-corrected chi connectivity index (χ2v) is 6.87. The summed E-state index contributed by atoms with van der Waals surface area (Å²) >= 11 is 0. The Morgan fingerprint density at radius 3 is 1.87 bits per heavy atom. The van der Waals surface area contributed by atoms with Gasteiger partial charge in [0.1, 0.15) is 0 Å². The number of aliphatic hydroxyl groups is 1. The van der Waals surface area contributed by atoms with Gasteiger partial charge in [-0.15, -0.1) is 0 Å². The monoisotopic (exact) mass is 419 g/mol. The van der Waals surface area contributed by atoms with E-state index in [1.54, 1.807) is 0 Å². The zero-order valence-corrected chi connectivity index (χ0v) is 16.0. The van der Waals surface area contributed by atoms with Crippen molar-refractivity contribution < 1.29 is 33.6 Å². The van der Waals surface area contributed by atoms with Crippen molar-refractivity contribution in [3.05, 3.63) is 59.7 Å². The summed E-state index contributed by atoms with van der Waals surface area (Å²) in [6, 6.07) is 16.0. The first-order chi connectivity index (χ1) is 10.4. The van der Waals surface area contributed by atoms with Gasteiger partial charge in [0.25, 0.3) is 0 Å². The molecule has 0 radical (unpaired) electrons. The molecule has 2 aromatic rings. The second kappa shape index (κ2) is 6.64. The van der Waals surface area contributed by atoms with Gasteiger partial charge in [-0.25, -0.2) is 0 Å². The minimum atomic E-state index is -1.18. The van der Waals surface area contributed by atoms with Crippen molar-refractivity contribution in [1.29, 1.82) is 0 Å². The van der Waals surface area contributed by atoms with Crippen molar-refractivity contribution in [3.8, 4) is 23.0 Å². The van der Waals surface area contributed by atoms with E-state index in [0.717, 1.165) is 39.7 Å². The van der Waals surface area contributed by atoms with E-state index in [1.165, 1.54) is 0 Å². The van der Waals surface area contributed by atoms with Crippen LogP contribution >= 0.6 is 0 Å². The van der Waals surface area contributed by atoms with E-state index in [-0.39, 0.29) is 24.0 Å². The Balaban J connectivity index is 0.00000192. The number of fused-ring (bicyclic) bond motifs is 3. The predicted molar refractivity (Wildman–Crippen MR) is 90.2 cm³/mol. The third kappa shape index (κ3) is 3.45. The van der Waals surface area contributed by atoms with Gasteiger partial charge in [-0.3, -0.25) is 0 Å². The van der Waals surface area contributed by atoms with Crippen LogP contribution in [0.5, 0.6) is 0 Å². The average Bonchev–Trinajstić information content (AvgIpc) is 2.74. The third-order valence-electron chi connectivity index (χ3n) is 4.10. The van der Waals surface area contributed by atoms with Crippen LogP contribution in [0.2, 0.25) is 0 Å². The number of benzene rings is 2. The van der Waals surface area contributed by atoms with Crippen LogP contribution in [0.4, 0.5) is 0 Å². The lowest BCUT2D eigenvalue weighted by Crippen LogP contribution is -3.00. The van der Waals surface area contributed by atoms with E-state index in [4.69, 9.17) is 0 Å². The van der Waals surface area contributed by atoms with Gasteiger partial charge in [-0.1, -0.05) is 60.4 Å². The fourth-order valence-electron chi connectivity index (χ4n) is 2.93. The molecular formula is C20H22INO. The number of rotatable bonds is 2. The lowest BCUT2D eigenvalue weighted by atomic mass is 9.92. The van der Waals surface area contributed by atoms with Gasteiger partial charge in [0, 0.05) is 11.1 Å². The van der Waals surface area contributed by atoms with Crippen molar-refractivity contribution in [2.45, 2.75) is 12.0 Å². The molecule has 23 heavy (non-hydrogen) atoms. The van der Waals surface area contributed by atoms with Crippen LogP contribution in [-0.2, 0) is 5.60 Å². The van der Waals surface area contributed by atoms with Crippen molar-refractivity contribution in [2.75, 3.05) is 27.7 Å². The summed E-state index contributed by atoms with van der Waals surface area (Å²) in [5, 5.41) is 11.2. The Kier molecular flexibility index (Phi) is 5.20. The standard InChI is InChI=1S/C20H22NO.HI/c1-21(2,3)15-9-8-14-20(22)18-12-6-4-10-16(18)17-11-5-7-13-19(17)20;/h4-7,10-13,22H,9,15H2,1-3H3;1H/q+1;/p-1. The highest BCUT2D eigenvalue weighted by molar-refractivity contribution is 5.81. The topological polar surface area (TPSA) is 20.2 Å². The largest absolute Gasteiger partial charge is 1.00 e. The number of nitrogens with zero attached hydrogens (tertiary/aromatic N) is 1. The zero-order valence-electron chi connectivity index (χ0n) is 13.8. The molecule has 0 spiro atoms. The van der Waals surface area contributed by atoms with E-state index < -0.39 is 5.60 Å². The van der Waals surface area contributed by atoms with Gasteiger partial charge >= 0.3 is 0 Å². The highest BCUT2D eigenvalue weighted by Gasteiger charge is 2.39. The van der Waals surface area contributed by atoms with Crippen LogP contribution in [0, 0.1) is 11.8 Å². The SMILES string of the molecule is C[N+](C)(C)CCC#CC1(O)c2ccccc2-c2ccccc21.[I-]. The molecule has 0 amide bonds. The van der Waals surface area contributed by atoms with Crippen molar-refractivity contribution in [2.24, 2.45) is 0 Å². The summed E-state index contributed by atoms with van der Waals surface area (Å²) in [5.41, 5.74) is 2.78. The molecule has 1 aliphatic carbocycles. The van der Waals surface area contributed by atoms with Gasteiger partial charge in [0.05, 0.1) is 34.1 Å². The molecule has 0 heterocycles. The molecule has 120 valence electrons. The van der Waals surface area contributed by atoms with Crippen LogP contribution in [-0.4, -0.2) is 37.3 Å². The summed E-state index contributed by atoms with van der Waals surface area (Å²) in [4.78, 5) is 0. The molecule has 0 bridgehead atoms. The summed E-state index contributed by atoms with van der Waals surface area (Å²) < 4.78 is 0.875. The second-order valence-electron chi connectivity index (χ2n) is 6.87. The molecule has 1 N–H and O–H groups in total. The fraction of sp³-hybridized carbons (Fsp3) is 0.300. The molecule has 0 fully saturated rings. The van der Waals surface area contributed by atoms with Crippen LogP contribution in [0.3, 0.4) is 0 Å². The molecule has 3 rings (SSSR count). The Bertz CT molecular complexity index is 719. The minimum absolute atomic E-state index is 0. The first-order valence-electron chi connectivity index (χ1n) is 7.64. The van der Waals surface area contributed by atoms with E-state index in [9.17, 15) is 5.11 Å². The summed E-state index contributed by atoms with van der Waals surface area (Å²) in [7, 11) is 6.45. The molecule has 3 heteroatoms. The molecule has 0 saturated carbocycles. The number of hydrogen-bond donors (Lipinski definition) is 1. The van der Waals surface area contributed by atoms with Crippen LogP contribution in [0.25, 0.3) is 11.1 Å². The Morgan fingerprint density at radius 1 is 0.913 bits per heavy atom. The third-order valence-corrected chi connectivity index (χ3v) is 4.10. The number of hydrogen-bond acceptors (Lipinski definition) is 1. The zero-order chi connectivity index (χ0) is 15.8. The smallest absolute Gasteiger partial charge is 0.178 e. The van der Waals surface area contributed by atoms with E-state index in [0.29, 0.717) is 0 Å². The van der Waals surface area contributed by atoms with Crippen molar-refractivity contribution in [1.82, 2.24) is 0 Å². The molecule has 0 aliphatic heterocycles. The molecule has 2 aromatic carbocycles. The minimum Gasteiger partial charge on any atom is -1.00 e. The maximum Gasteiger partial charge on any atom is 0.178 e.